The van der Waals surface area contributed by atoms with Gasteiger partial charge in [-0.25, -0.2) is 8.78 Å². The lowest BCUT2D eigenvalue weighted by molar-refractivity contribution is -0.156. The summed E-state index contributed by atoms with van der Waals surface area (Å²) in [5, 5.41) is 0. The summed E-state index contributed by atoms with van der Waals surface area (Å²) in [6.07, 6.45) is 1.72. The molecule has 0 N–H and O–H groups in total. The molecular weight excluding hydrogens is 190 g/mol. The van der Waals surface area contributed by atoms with Crippen molar-refractivity contribution in [3.63, 3.8) is 0 Å². The first-order valence-corrected chi connectivity index (χ1v) is 5.01. The van der Waals surface area contributed by atoms with Crippen LogP contribution in [0.3, 0.4) is 0 Å². The van der Waals surface area contributed by atoms with Gasteiger partial charge in [0.05, 0.1) is 13.0 Å². The Morgan fingerprint density at radius 1 is 1.29 bits per heavy atom. The number of hydrogen-bond donors (Lipinski definition) is 0. The van der Waals surface area contributed by atoms with E-state index in [0.717, 1.165) is 0 Å². The Morgan fingerprint density at radius 2 is 1.79 bits per heavy atom. The average Bonchev–Trinajstić information content (AvgIpc) is 2.41. The zero-order valence-corrected chi connectivity index (χ0v) is 8.13. The predicted octanol–water partition coefficient (Wildman–Crippen LogP) is 2.23. The van der Waals surface area contributed by atoms with Gasteiger partial charge in [0.15, 0.2) is 0 Å². The monoisotopic (exact) mass is 204 g/mol. The normalized spacial score (nSPS) is 39.5. The van der Waals surface area contributed by atoms with E-state index < -0.39 is 17.8 Å². The summed E-state index contributed by atoms with van der Waals surface area (Å²) >= 11 is 0. The summed E-state index contributed by atoms with van der Waals surface area (Å²) in [4.78, 5) is 11.2. The van der Waals surface area contributed by atoms with Crippen molar-refractivity contribution in [3.05, 3.63) is 0 Å². The molecule has 0 heterocycles. The largest absolute Gasteiger partial charge is 0.469 e. The number of hydrogen-bond acceptors (Lipinski definition) is 2. The summed E-state index contributed by atoms with van der Waals surface area (Å²) in [5.41, 5.74) is 0. The SMILES string of the molecule is COC(=O)C1CC2CCC(C1)C2(F)F. The van der Waals surface area contributed by atoms with Gasteiger partial charge in [0.25, 0.3) is 5.92 Å². The highest BCUT2D eigenvalue weighted by molar-refractivity contribution is 5.72. The molecule has 0 radical (unpaired) electrons. The fourth-order valence-electron chi connectivity index (χ4n) is 2.81. The third-order valence-electron chi connectivity index (χ3n) is 3.62. The van der Waals surface area contributed by atoms with Gasteiger partial charge in [-0.2, -0.15) is 0 Å². The zero-order valence-electron chi connectivity index (χ0n) is 8.13. The minimum absolute atomic E-state index is 0.294. The van der Waals surface area contributed by atoms with Crippen LogP contribution in [0.2, 0.25) is 0 Å². The quantitative estimate of drug-likeness (QED) is 0.612. The predicted molar refractivity (Wildman–Crippen MR) is 45.9 cm³/mol. The summed E-state index contributed by atoms with van der Waals surface area (Å²) < 4.78 is 31.5. The molecule has 0 saturated heterocycles. The van der Waals surface area contributed by atoms with Crippen LogP contribution in [0.25, 0.3) is 0 Å². The van der Waals surface area contributed by atoms with E-state index >= 15 is 0 Å². The van der Waals surface area contributed by atoms with Crippen molar-refractivity contribution in [3.8, 4) is 0 Å². The Kier molecular flexibility index (Phi) is 2.24. The number of halogens is 2. The molecule has 80 valence electrons. The molecule has 0 aromatic heterocycles. The topological polar surface area (TPSA) is 26.3 Å². The Morgan fingerprint density at radius 3 is 2.21 bits per heavy atom. The first kappa shape index (κ1) is 9.87. The highest BCUT2D eigenvalue weighted by Crippen LogP contribution is 2.54. The molecule has 2 aliphatic carbocycles. The molecule has 2 fully saturated rings. The molecule has 0 amide bonds. The number of carbonyl (C=O) groups excluding carboxylic acids is 1. The number of esters is 1. The molecule has 0 aromatic carbocycles. The van der Waals surface area contributed by atoms with Crippen LogP contribution in [0.5, 0.6) is 0 Å². The van der Waals surface area contributed by atoms with Crippen LogP contribution in [0.4, 0.5) is 8.78 Å². The molecule has 2 rings (SSSR count). The maximum atomic E-state index is 13.4. The Labute approximate surface area is 81.6 Å². The van der Waals surface area contributed by atoms with E-state index in [1.165, 1.54) is 7.11 Å². The van der Waals surface area contributed by atoms with Crippen LogP contribution >= 0.6 is 0 Å². The number of fused-ring (bicyclic) bond motifs is 2. The molecular formula is C10H14F2O2. The standard InChI is InChI=1S/C10H14F2O2/c1-14-9(13)6-4-7-2-3-8(5-6)10(7,11)12/h6-8H,2-5H2,1H3. The van der Waals surface area contributed by atoms with E-state index in [1.54, 1.807) is 0 Å². The molecule has 0 spiro atoms. The van der Waals surface area contributed by atoms with E-state index in [-0.39, 0.29) is 11.9 Å². The van der Waals surface area contributed by atoms with Gasteiger partial charge in [-0.1, -0.05) is 0 Å². The summed E-state index contributed by atoms with van der Waals surface area (Å²) in [5.74, 6) is -4.34. The molecule has 2 unspecified atom stereocenters. The number of carbonyl (C=O) groups is 1. The number of alkyl halides is 2. The smallest absolute Gasteiger partial charge is 0.308 e. The number of rotatable bonds is 1. The molecule has 14 heavy (non-hydrogen) atoms. The molecule has 4 heteroatoms. The Bertz CT molecular complexity index is 237. The van der Waals surface area contributed by atoms with Crippen molar-refractivity contribution in [1.82, 2.24) is 0 Å². The second-order valence-corrected chi connectivity index (χ2v) is 4.34. The minimum Gasteiger partial charge on any atom is -0.469 e. The summed E-state index contributed by atoms with van der Waals surface area (Å²) in [7, 11) is 1.32. The third-order valence-corrected chi connectivity index (χ3v) is 3.62. The highest BCUT2D eigenvalue weighted by atomic mass is 19.3. The number of ether oxygens (including phenoxy) is 1. The van der Waals surface area contributed by atoms with Crippen molar-refractivity contribution >= 4 is 5.97 Å². The summed E-state index contributed by atoms with van der Waals surface area (Å²) in [6, 6.07) is 0. The van der Waals surface area contributed by atoms with Crippen LogP contribution < -0.4 is 0 Å². The van der Waals surface area contributed by atoms with Crippen molar-refractivity contribution in [2.75, 3.05) is 7.11 Å². The van der Waals surface area contributed by atoms with Gasteiger partial charge in [-0.3, -0.25) is 4.79 Å². The lowest BCUT2D eigenvalue weighted by atomic mass is 9.78. The maximum Gasteiger partial charge on any atom is 0.308 e. The maximum absolute atomic E-state index is 13.4. The van der Waals surface area contributed by atoms with Crippen molar-refractivity contribution < 1.29 is 18.3 Å². The van der Waals surface area contributed by atoms with E-state index in [4.69, 9.17) is 0 Å². The highest BCUT2D eigenvalue weighted by Gasteiger charge is 2.57. The molecule has 2 bridgehead atoms. The van der Waals surface area contributed by atoms with E-state index in [1.807, 2.05) is 0 Å². The van der Waals surface area contributed by atoms with E-state index in [9.17, 15) is 13.6 Å². The van der Waals surface area contributed by atoms with E-state index in [0.29, 0.717) is 25.7 Å². The molecule has 0 aromatic rings. The molecule has 2 saturated carbocycles. The second-order valence-electron chi connectivity index (χ2n) is 4.34. The van der Waals surface area contributed by atoms with Crippen LogP contribution in [-0.2, 0) is 9.53 Å². The molecule has 2 aliphatic rings. The van der Waals surface area contributed by atoms with Gasteiger partial charge in [0.2, 0.25) is 0 Å². The van der Waals surface area contributed by atoms with Crippen molar-refractivity contribution in [2.24, 2.45) is 17.8 Å². The van der Waals surface area contributed by atoms with Gasteiger partial charge in [0, 0.05) is 11.8 Å². The first-order valence-electron chi connectivity index (χ1n) is 5.01. The van der Waals surface area contributed by atoms with Gasteiger partial charge >= 0.3 is 5.97 Å². The molecule has 0 aliphatic heterocycles. The second kappa shape index (κ2) is 3.17. The van der Waals surface area contributed by atoms with Gasteiger partial charge in [-0.05, 0) is 25.7 Å². The minimum atomic E-state index is -2.54. The number of methoxy groups -OCH3 is 1. The zero-order chi connectivity index (χ0) is 10.3. The van der Waals surface area contributed by atoms with Gasteiger partial charge < -0.3 is 4.74 Å². The fourth-order valence-corrected chi connectivity index (χ4v) is 2.81. The Balaban J connectivity index is 2.10. The summed E-state index contributed by atoms with van der Waals surface area (Å²) in [6.45, 7) is 0. The molecule has 2 nitrogen and oxygen atoms in total. The van der Waals surface area contributed by atoms with Gasteiger partial charge in [-0.15, -0.1) is 0 Å². The molecule has 2 atom stereocenters. The fraction of sp³-hybridized carbons (Fsp3) is 0.900. The van der Waals surface area contributed by atoms with Crippen LogP contribution in [0.1, 0.15) is 25.7 Å². The van der Waals surface area contributed by atoms with Crippen LogP contribution in [0, 0.1) is 17.8 Å². The van der Waals surface area contributed by atoms with E-state index in [2.05, 4.69) is 4.74 Å². The van der Waals surface area contributed by atoms with Crippen molar-refractivity contribution in [2.45, 2.75) is 31.6 Å². The Hall–Kier alpha value is -0.670. The average molecular weight is 204 g/mol. The van der Waals surface area contributed by atoms with Crippen LogP contribution in [-0.4, -0.2) is 19.0 Å². The third kappa shape index (κ3) is 1.31. The lowest BCUT2D eigenvalue weighted by Crippen LogP contribution is -2.39. The van der Waals surface area contributed by atoms with Gasteiger partial charge in [0.1, 0.15) is 0 Å². The van der Waals surface area contributed by atoms with Crippen LogP contribution in [0.15, 0.2) is 0 Å². The first-order chi connectivity index (χ1) is 6.55. The van der Waals surface area contributed by atoms with Crippen molar-refractivity contribution in [1.29, 1.82) is 0 Å². The lowest BCUT2D eigenvalue weighted by Gasteiger charge is -2.33.